The zero-order valence-electron chi connectivity index (χ0n) is 10.9. The molecule has 0 saturated heterocycles. The summed E-state index contributed by atoms with van der Waals surface area (Å²) in [6, 6.07) is 4.79. The van der Waals surface area contributed by atoms with Crippen LogP contribution in [0.1, 0.15) is 6.42 Å². The Hall–Kier alpha value is -2.70. The average Bonchev–Trinajstić information content (AvgIpc) is 2.46. The molecule has 1 amide bonds. The Labute approximate surface area is 115 Å². The molecule has 7 heteroatoms. The molecule has 0 unspecified atom stereocenters. The fraction of sp³-hybridized carbons (Fsp3) is 0.231. The normalized spacial score (nSPS) is 10.2. The first-order valence-corrected chi connectivity index (χ1v) is 6.09. The van der Waals surface area contributed by atoms with Gasteiger partial charge in [0.25, 0.3) is 5.69 Å². The van der Waals surface area contributed by atoms with Crippen molar-refractivity contribution in [3.8, 4) is 0 Å². The summed E-state index contributed by atoms with van der Waals surface area (Å²) < 4.78 is 0. The van der Waals surface area contributed by atoms with Crippen LogP contribution in [0.2, 0.25) is 0 Å². The number of pyridine rings is 1. The molecule has 1 aromatic heterocycles. The highest BCUT2D eigenvalue weighted by Crippen LogP contribution is 2.30. The number of aromatic nitrogens is 1. The van der Waals surface area contributed by atoms with Gasteiger partial charge in [-0.3, -0.25) is 19.9 Å². The highest BCUT2D eigenvalue weighted by Gasteiger charge is 2.14. The third kappa shape index (κ3) is 2.82. The lowest BCUT2D eigenvalue weighted by molar-refractivity contribution is -0.383. The molecule has 0 aliphatic rings. The molecule has 2 N–H and O–H groups in total. The summed E-state index contributed by atoms with van der Waals surface area (Å²) in [7, 11) is 1.58. The highest BCUT2D eigenvalue weighted by molar-refractivity contribution is 5.99. The number of rotatable bonds is 5. The third-order valence-corrected chi connectivity index (χ3v) is 2.94. The van der Waals surface area contributed by atoms with Crippen molar-refractivity contribution >= 4 is 28.1 Å². The zero-order valence-corrected chi connectivity index (χ0v) is 10.9. The maximum absolute atomic E-state index is 11.2. The minimum absolute atomic E-state index is 0.0185. The number of nitrogens with one attached hydrogen (secondary N) is 2. The Morgan fingerprint density at radius 1 is 1.35 bits per heavy atom. The van der Waals surface area contributed by atoms with Gasteiger partial charge in [0.05, 0.1) is 10.3 Å². The monoisotopic (exact) mass is 274 g/mol. The summed E-state index contributed by atoms with van der Waals surface area (Å²) >= 11 is 0. The number of amides is 1. The number of non-ortho nitro benzene ring substituents is 1. The molecule has 0 saturated carbocycles. The Morgan fingerprint density at radius 3 is 2.85 bits per heavy atom. The molecular weight excluding hydrogens is 260 g/mol. The average molecular weight is 274 g/mol. The number of nitro benzene ring substituents is 1. The van der Waals surface area contributed by atoms with Gasteiger partial charge < -0.3 is 10.6 Å². The van der Waals surface area contributed by atoms with Gasteiger partial charge in [-0.2, -0.15) is 0 Å². The zero-order chi connectivity index (χ0) is 14.5. The molecule has 20 heavy (non-hydrogen) atoms. The minimum atomic E-state index is -0.432. The van der Waals surface area contributed by atoms with Gasteiger partial charge in [0.1, 0.15) is 0 Å². The van der Waals surface area contributed by atoms with Gasteiger partial charge in [-0.05, 0) is 12.1 Å². The van der Waals surface area contributed by atoms with Crippen molar-refractivity contribution in [3.63, 3.8) is 0 Å². The smallest absolute Gasteiger partial charge is 0.278 e. The number of carbonyl (C=O) groups is 1. The first-order chi connectivity index (χ1) is 9.63. The van der Waals surface area contributed by atoms with Crippen molar-refractivity contribution in [2.45, 2.75) is 6.42 Å². The molecule has 104 valence electrons. The van der Waals surface area contributed by atoms with Crippen LogP contribution in [0.15, 0.2) is 30.6 Å². The van der Waals surface area contributed by atoms with E-state index in [1.54, 1.807) is 25.4 Å². The molecular formula is C13H14N4O3. The summed E-state index contributed by atoms with van der Waals surface area (Å²) in [6.45, 7) is 0.453. The van der Waals surface area contributed by atoms with Crippen LogP contribution in [0, 0.1) is 10.1 Å². The van der Waals surface area contributed by atoms with Crippen molar-refractivity contribution in [1.82, 2.24) is 10.3 Å². The quantitative estimate of drug-likeness (QED) is 0.638. The van der Waals surface area contributed by atoms with Crippen LogP contribution in [0.5, 0.6) is 0 Å². The molecule has 7 nitrogen and oxygen atoms in total. The maximum atomic E-state index is 11.2. The number of hydrogen-bond acceptors (Lipinski definition) is 5. The maximum Gasteiger partial charge on any atom is 0.278 e. The number of anilines is 1. The molecule has 2 rings (SSSR count). The molecule has 1 heterocycles. The third-order valence-electron chi connectivity index (χ3n) is 2.94. The largest absolute Gasteiger partial charge is 0.384 e. The van der Waals surface area contributed by atoms with E-state index in [2.05, 4.69) is 15.6 Å². The molecule has 0 bridgehead atoms. The molecule has 0 aliphatic carbocycles. The number of benzene rings is 1. The van der Waals surface area contributed by atoms with Crippen LogP contribution in [-0.2, 0) is 4.79 Å². The Morgan fingerprint density at radius 2 is 2.15 bits per heavy atom. The van der Waals surface area contributed by atoms with E-state index in [1.807, 2.05) is 0 Å². The van der Waals surface area contributed by atoms with E-state index in [0.717, 1.165) is 5.69 Å². The van der Waals surface area contributed by atoms with Crippen molar-refractivity contribution in [3.05, 3.63) is 40.7 Å². The number of carbonyl (C=O) groups excluding carboxylic acids is 1. The van der Waals surface area contributed by atoms with Crippen LogP contribution < -0.4 is 10.6 Å². The standard InChI is InChI=1S/C13H14N4O3/c1-14-13(18)5-7-16-11-2-3-12(17(19)20)10-8-15-6-4-9(10)11/h2-4,6,8,16H,5,7H2,1H3,(H,14,18). The van der Waals surface area contributed by atoms with Crippen LogP contribution in [0.25, 0.3) is 10.8 Å². The molecule has 2 aromatic rings. The molecule has 0 spiro atoms. The van der Waals surface area contributed by atoms with Gasteiger partial charge in [-0.25, -0.2) is 0 Å². The first kappa shape index (κ1) is 13.7. The Balaban J connectivity index is 2.29. The van der Waals surface area contributed by atoms with Crippen molar-refractivity contribution in [2.75, 3.05) is 18.9 Å². The van der Waals surface area contributed by atoms with Gasteiger partial charge >= 0.3 is 0 Å². The molecule has 1 aromatic carbocycles. The van der Waals surface area contributed by atoms with Crippen LogP contribution in [0.4, 0.5) is 11.4 Å². The topological polar surface area (TPSA) is 97.2 Å². The second kappa shape index (κ2) is 5.96. The number of fused-ring (bicyclic) bond motifs is 1. The van der Waals surface area contributed by atoms with Crippen molar-refractivity contribution < 1.29 is 9.72 Å². The van der Waals surface area contributed by atoms with Crippen LogP contribution in [0.3, 0.4) is 0 Å². The minimum Gasteiger partial charge on any atom is -0.384 e. The fourth-order valence-corrected chi connectivity index (χ4v) is 1.92. The molecule has 0 aliphatic heterocycles. The number of nitro groups is 1. The lowest BCUT2D eigenvalue weighted by Crippen LogP contribution is -2.20. The summed E-state index contributed by atoms with van der Waals surface area (Å²) in [5.74, 6) is -0.0645. The molecule has 0 atom stereocenters. The Kier molecular flexibility index (Phi) is 4.09. The Bertz CT molecular complexity index is 657. The summed E-state index contributed by atoms with van der Waals surface area (Å²) in [4.78, 5) is 25.6. The lowest BCUT2D eigenvalue weighted by Gasteiger charge is -2.09. The second-order valence-electron chi connectivity index (χ2n) is 4.16. The summed E-state index contributed by atoms with van der Waals surface area (Å²) in [6.07, 6.45) is 3.38. The van der Waals surface area contributed by atoms with Gasteiger partial charge in [0, 0.05) is 49.5 Å². The SMILES string of the molecule is CNC(=O)CCNc1ccc([N+](=O)[O-])c2cnccc12. The second-order valence-corrected chi connectivity index (χ2v) is 4.16. The van der Waals surface area contributed by atoms with Crippen LogP contribution in [-0.4, -0.2) is 29.4 Å². The van der Waals surface area contributed by atoms with Gasteiger partial charge in [0.15, 0.2) is 0 Å². The first-order valence-electron chi connectivity index (χ1n) is 6.09. The fourth-order valence-electron chi connectivity index (χ4n) is 1.92. The van der Waals surface area contributed by atoms with E-state index in [4.69, 9.17) is 0 Å². The summed E-state index contributed by atoms with van der Waals surface area (Å²) in [5, 5.41) is 17.8. The molecule has 0 radical (unpaired) electrons. The van der Waals surface area contributed by atoms with Crippen LogP contribution >= 0.6 is 0 Å². The van der Waals surface area contributed by atoms with Gasteiger partial charge in [-0.15, -0.1) is 0 Å². The van der Waals surface area contributed by atoms with E-state index in [1.165, 1.54) is 12.3 Å². The van der Waals surface area contributed by atoms with Crippen molar-refractivity contribution in [1.29, 1.82) is 0 Å². The van der Waals surface area contributed by atoms with E-state index in [0.29, 0.717) is 23.7 Å². The highest BCUT2D eigenvalue weighted by atomic mass is 16.6. The lowest BCUT2D eigenvalue weighted by atomic mass is 10.1. The predicted molar refractivity (Wildman–Crippen MR) is 75.6 cm³/mol. The van der Waals surface area contributed by atoms with Gasteiger partial charge in [-0.1, -0.05) is 0 Å². The van der Waals surface area contributed by atoms with E-state index in [9.17, 15) is 14.9 Å². The van der Waals surface area contributed by atoms with E-state index in [-0.39, 0.29) is 11.6 Å². The molecule has 0 fully saturated rings. The predicted octanol–water partition coefficient (Wildman–Crippen LogP) is 1.69. The van der Waals surface area contributed by atoms with Crippen molar-refractivity contribution in [2.24, 2.45) is 0 Å². The summed E-state index contributed by atoms with van der Waals surface area (Å²) in [5.41, 5.74) is 0.766. The van der Waals surface area contributed by atoms with E-state index >= 15 is 0 Å². The number of nitrogens with zero attached hydrogens (tertiary/aromatic N) is 2. The van der Waals surface area contributed by atoms with Gasteiger partial charge in [0.2, 0.25) is 5.91 Å². The van der Waals surface area contributed by atoms with E-state index < -0.39 is 4.92 Å². The number of hydrogen-bond donors (Lipinski definition) is 2.